The number of carbonyl (C=O) groups is 1. The molecule has 2 heterocycles. The van der Waals surface area contributed by atoms with Gasteiger partial charge in [-0.1, -0.05) is 0 Å². The Labute approximate surface area is 153 Å². The lowest BCUT2D eigenvalue weighted by Gasteiger charge is -2.31. The SMILES string of the molecule is COc1ccc(NC(=O)C2CCN(c3ccc(C)nn3)CC2)c(OC)c1. The number of piperidine rings is 1. The summed E-state index contributed by atoms with van der Waals surface area (Å²) in [7, 11) is 3.17. The van der Waals surface area contributed by atoms with Crippen molar-refractivity contribution in [3.63, 3.8) is 0 Å². The van der Waals surface area contributed by atoms with Gasteiger partial charge in [0.2, 0.25) is 5.91 Å². The number of amides is 1. The van der Waals surface area contributed by atoms with Crippen LogP contribution in [0.5, 0.6) is 11.5 Å². The zero-order valence-electron chi connectivity index (χ0n) is 15.4. The highest BCUT2D eigenvalue weighted by Crippen LogP contribution is 2.30. The summed E-state index contributed by atoms with van der Waals surface area (Å²) in [6.45, 7) is 3.49. The van der Waals surface area contributed by atoms with Crippen molar-refractivity contribution in [3.8, 4) is 11.5 Å². The predicted molar refractivity (Wildman–Crippen MR) is 99.9 cm³/mol. The standard InChI is InChI=1S/C19H24N4O3/c1-13-4-7-18(22-21-13)23-10-8-14(9-11-23)19(24)20-16-6-5-15(25-2)12-17(16)26-3/h4-7,12,14H,8-11H2,1-3H3,(H,20,24). The van der Waals surface area contributed by atoms with E-state index in [1.807, 2.05) is 19.1 Å². The number of nitrogens with one attached hydrogen (secondary N) is 1. The quantitative estimate of drug-likeness (QED) is 0.888. The highest BCUT2D eigenvalue weighted by molar-refractivity contribution is 5.94. The molecule has 7 heteroatoms. The van der Waals surface area contributed by atoms with Crippen molar-refractivity contribution < 1.29 is 14.3 Å². The number of aromatic nitrogens is 2. The Morgan fingerprint density at radius 3 is 2.50 bits per heavy atom. The van der Waals surface area contributed by atoms with Crippen LogP contribution in [0.1, 0.15) is 18.5 Å². The number of hydrogen-bond donors (Lipinski definition) is 1. The minimum Gasteiger partial charge on any atom is -0.497 e. The van der Waals surface area contributed by atoms with Gasteiger partial charge in [0, 0.05) is 25.1 Å². The summed E-state index contributed by atoms with van der Waals surface area (Å²) in [5, 5.41) is 11.3. The van der Waals surface area contributed by atoms with E-state index < -0.39 is 0 Å². The van der Waals surface area contributed by atoms with E-state index in [2.05, 4.69) is 20.4 Å². The van der Waals surface area contributed by atoms with E-state index >= 15 is 0 Å². The van der Waals surface area contributed by atoms with Crippen LogP contribution >= 0.6 is 0 Å². The largest absolute Gasteiger partial charge is 0.497 e. The molecule has 0 unspecified atom stereocenters. The first-order valence-corrected chi connectivity index (χ1v) is 8.69. The molecule has 3 rings (SSSR count). The van der Waals surface area contributed by atoms with Gasteiger partial charge in [0.1, 0.15) is 11.5 Å². The summed E-state index contributed by atoms with van der Waals surface area (Å²) < 4.78 is 10.5. The van der Waals surface area contributed by atoms with Crippen LogP contribution in [-0.2, 0) is 4.79 Å². The van der Waals surface area contributed by atoms with Gasteiger partial charge >= 0.3 is 0 Å². The molecule has 26 heavy (non-hydrogen) atoms. The first kappa shape index (κ1) is 18.0. The molecule has 1 saturated heterocycles. The van der Waals surface area contributed by atoms with E-state index in [0.29, 0.717) is 17.2 Å². The molecular weight excluding hydrogens is 332 g/mol. The van der Waals surface area contributed by atoms with E-state index in [0.717, 1.165) is 37.4 Å². The number of hydrogen-bond acceptors (Lipinski definition) is 6. The summed E-state index contributed by atoms with van der Waals surface area (Å²) >= 11 is 0. The Morgan fingerprint density at radius 2 is 1.88 bits per heavy atom. The van der Waals surface area contributed by atoms with Crippen LogP contribution < -0.4 is 19.7 Å². The van der Waals surface area contributed by atoms with Crippen LogP contribution in [0.25, 0.3) is 0 Å². The van der Waals surface area contributed by atoms with Gasteiger partial charge in [0.05, 0.1) is 25.6 Å². The fourth-order valence-electron chi connectivity index (χ4n) is 3.07. The topological polar surface area (TPSA) is 76.6 Å². The molecular formula is C19H24N4O3. The monoisotopic (exact) mass is 356 g/mol. The molecule has 0 spiro atoms. The van der Waals surface area contributed by atoms with Crippen molar-refractivity contribution in [2.24, 2.45) is 5.92 Å². The molecule has 1 fully saturated rings. The highest BCUT2D eigenvalue weighted by Gasteiger charge is 2.26. The van der Waals surface area contributed by atoms with E-state index in [9.17, 15) is 4.79 Å². The lowest BCUT2D eigenvalue weighted by Crippen LogP contribution is -2.38. The van der Waals surface area contributed by atoms with Crippen molar-refractivity contribution in [2.45, 2.75) is 19.8 Å². The Balaban J connectivity index is 1.59. The van der Waals surface area contributed by atoms with E-state index in [1.54, 1.807) is 32.4 Å². The maximum absolute atomic E-state index is 12.6. The number of anilines is 2. The fourth-order valence-corrected chi connectivity index (χ4v) is 3.07. The number of rotatable bonds is 5. The lowest BCUT2D eigenvalue weighted by molar-refractivity contribution is -0.120. The smallest absolute Gasteiger partial charge is 0.227 e. The average molecular weight is 356 g/mol. The normalized spacial score (nSPS) is 14.8. The van der Waals surface area contributed by atoms with Gasteiger partial charge in [-0.05, 0) is 44.0 Å². The first-order valence-electron chi connectivity index (χ1n) is 8.69. The average Bonchev–Trinajstić information content (AvgIpc) is 2.69. The molecule has 1 N–H and O–H groups in total. The summed E-state index contributed by atoms with van der Waals surface area (Å²) in [6.07, 6.45) is 1.56. The van der Waals surface area contributed by atoms with Crippen molar-refractivity contribution in [1.82, 2.24) is 10.2 Å². The van der Waals surface area contributed by atoms with Crippen molar-refractivity contribution in [3.05, 3.63) is 36.0 Å². The molecule has 7 nitrogen and oxygen atoms in total. The molecule has 0 bridgehead atoms. The Kier molecular flexibility index (Phi) is 5.55. The minimum absolute atomic E-state index is 0.0168. The van der Waals surface area contributed by atoms with Gasteiger partial charge in [-0.2, -0.15) is 5.10 Å². The van der Waals surface area contributed by atoms with Crippen molar-refractivity contribution in [2.75, 3.05) is 37.5 Å². The zero-order valence-corrected chi connectivity index (χ0v) is 15.4. The molecule has 0 aliphatic carbocycles. The molecule has 138 valence electrons. The molecule has 0 atom stereocenters. The van der Waals surface area contributed by atoms with Crippen LogP contribution in [0.15, 0.2) is 30.3 Å². The van der Waals surface area contributed by atoms with Gasteiger partial charge in [0.15, 0.2) is 5.82 Å². The summed E-state index contributed by atoms with van der Waals surface area (Å²) in [6, 6.07) is 9.29. The summed E-state index contributed by atoms with van der Waals surface area (Å²) in [4.78, 5) is 14.8. The molecule has 1 amide bonds. The second-order valence-electron chi connectivity index (χ2n) is 6.35. The molecule has 1 aliphatic rings. The molecule has 0 saturated carbocycles. The maximum Gasteiger partial charge on any atom is 0.227 e. The van der Waals surface area contributed by atoms with Crippen LogP contribution in [0.4, 0.5) is 11.5 Å². The minimum atomic E-state index is -0.0311. The molecule has 1 aromatic heterocycles. The van der Waals surface area contributed by atoms with Crippen molar-refractivity contribution >= 4 is 17.4 Å². The Bertz CT molecular complexity index is 756. The Morgan fingerprint density at radius 1 is 1.12 bits per heavy atom. The van der Waals surface area contributed by atoms with E-state index in [1.165, 1.54) is 0 Å². The van der Waals surface area contributed by atoms with Crippen LogP contribution in [0, 0.1) is 12.8 Å². The molecule has 0 radical (unpaired) electrons. The fraction of sp³-hybridized carbons (Fsp3) is 0.421. The summed E-state index contributed by atoms with van der Waals surface area (Å²) in [5.74, 6) is 2.13. The van der Waals surface area contributed by atoms with Gasteiger partial charge in [-0.15, -0.1) is 5.10 Å². The molecule has 1 aliphatic heterocycles. The third-order valence-electron chi connectivity index (χ3n) is 4.64. The third-order valence-corrected chi connectivity index (χ3v) is 4.64. The van der Waals surface area contributed by atoms with Crippen LogP contribution in [0.3, 0.4) is 0 Å². The number of carbonyl (C=O) groups excluding carboxylic acids is 1. The number of methoxy groups -OCH3 is 2. The van der Waals surface area contributed by atoms with Gasteiger partial charge in [-0.25, -0.2) is 0 Å². The van der Waals surface area contributed by atoms with E-state index in [4.69, 9.17) is 9.47 Å². The summed E-state index contributed by atoms with van der Waals surface area (Å²) in [5.41, 5.74) is 1.56. The number of nitrogens with zero attached hydrogens (tertiary/aromatic N) is 3. The number of benzene rings is 1. The predicted octanol–water partition coefficient (Wildman–Crippen LogP) is 2.66. The van der Waals surface area contributed by atoms with Gasteiger partial charge < -0.3 is 19.7 Å². The Hall–Kier alpha value is -2.83. The second-order valence-corrected chi connectivity index (χ2v) is 6.35. The van der Waals surface area contributed by atoms with E-state index in [-0.39, 0.29) is 11.8 Å². The second kappa shape index (κ2) is 8.03. The third kappa shape index (κ3) is 4.04. The van der Waals surface area contributed by atoms with Gasteiger partial charge in [-0.3, -0.25) is 4.79 Å². The van der Waals surface area contributed by atoms with Crippen LogP contribution in [-0.4, -0.2) is 43.4 Å². The molecule has 2 aromatic rings. The number of ether oxygens (including phenoxy) is 2. The number of aryl methyl sites for hydroxylation is 1. The van der Waals surface area contributed by atoms with Gasteiger partial charge in [0.25, 0.3) is 0 Å². The van der Waals surface area contributed by atoms with Crippen LogP contribution in [0.2, 0.25) is 0 Å². The highest BCUT2D eigenvalue weighted by atomic mass is 16.5. The first-order chi connectivity index (χ1) is 12.6. The van der Waals surface area contributed by atoms with Crippen molar-refractivity contribution in [1.29, 1.82) is 0 Å². The molecule has 1 aromatic carbocycles. The maximum atomic E-state index is 12.6. The lowest BCUT2D eigenvalue weighted by atomic mass is 9.95. The zero-order chi connectivity index (χ0) is 18.5.